The van der Waals surface area contributed by atoms with Gasteiger partial charge in [0.25, 0.3) is 0 Å². The van der Waals surface area contributed by atoms with Gasteiger partial charge in [0.2, 0.25) is 0 Å². The number of aliphatic hydroxyl groups excluding tert-OH is 2. The number of allylic oxidation sites excluding steroid dienone is 4. The third-order valence-corrected chi connectivity index (χ3v) is 8.95. The second kappa shape index (κ2) is 6.80. The molecule has 0 aromatic carbocycles. The van der Waals surface area contributed by atoms with Crippen LogP contribution in [-0.2, 0) is 19.1 Å². The van der Waals surface area contributed by atoms with Crippen molar-refractivity contribution in [1.82, 2.24) is 0 Å². The van der Waals surface area contributed by atoms with Gasteiger partial charge in [-0.25, -0.2) is 4.39 Å². The molecule has 0 amide bonds. The van der Waals surface area contributed by atoms with E-state index in [-0.39, 0.29) is 18.6 Å². The molecule has 3 N–H and O–H groups in total. The van der Waals surface area contributed by atoms with Crippen molar-refractivity contribution in [3.05, 3.63) is 23.8 Å². The van der Waals surface area contributed by atoms with E-state index in [0.29, 0.717) is 18.4 Å². The number of Topliss-reactive ketones (excluding diaryl/α,β-unsaturated/α-hetero) is 1. The Kier molecular flexibility index (Phi) is 4.89. The van der Waals surface area contributed by atoms with Gasteiger partial charge in [-0.1, -0.05) is 18.6 Å². The summed E-state index contributed by atoms with van der Waals surface area (Å²) >= 11 is 0. The molecular formula is C23H29FO7. The topological polar surface area (TPSA) is 121 Å². The molecule has 0 bridgehead atoms. The molecule has 0 spiro atoms. The van der Waals surface area contributed by atoms with E-state index in [4.69, 9.17) is 4.74 Å². The number of carbonyl (C=O) groups excluding carboxylic acids is 3. The molecule has 3 saturated carbocycles. The fraction of sp³-hybridized carbons (Fsp3) is 0.696. The Bertz CT molecular complexity index is 912. The lowest BCUT2D eigenvalue weighted by Crippen LogP contribution is -2.69. The van der Waals surface area contributed by atoms with Crippen LogP contribution in [0, 0.1) is 28.6 Å². The normalized spacial score (nSPS) is 48.4. The lowest BCUT2D eigenvalue weighted by atomic mass is 9.44. The molecule has 170 valence electrons. The van der Waals surface area contributed by atoms with Crippen molar-refractivity contribution in [3.63, 3.8) is 0 Å². The minimum absolute atomic E-state index is 0.00619. The molecular weight excluding hydrogens is 407 g/mol. The summed E-state index contributed by atoms with van der Waals surface area (Å²) in [5.74, 6) is -4.61. The van der Waals surface area contributed by atoms with E-state index in [0.717, 1.165) is 7.11 Å². The Hall–Kier alpha value is -1.90. The first-order valence-electron chi connectivity index (χ1n) is 10.7. The van der Waals surface area contributed by atoms with Crippen molar-refractivity contribution in [2.24, 2.45) is 28.6 Å². The van der Waals surface area contributed by atoms with Crippen molar-refractivity contribution in [2.45, 2.75) is 56.9 Å². The van der Waals surface area contributed by atoms with Crippen molar-refractivity contribution in [3.8, 4) is 0 Å². The maximum atomic E-state index is 17.0. The van der Waals surface area contributed by atoms with Crippen LogP contribution < -0.4 is 0 Å². The molecule has 0 radical (unpaired) electrons. The summed E-state index contributed by atoms with van der Waals surface area (Å²) in [5.41, 5.74) is -6.36. The van der Waals surface area contributed by atoms with Crippen molar-refractivity contribution >= 4 is 17.5 Å². The van der Waals surface area contributed by atoms with Crippen LogP contribution in [0.5, 0.6) is 0 Å². The fourth-order valence-electron chi connectivity index (χ4n) is 7.30. The van der Waals surface area contributed by atoms with Crippen LogP contribution in [0.1, 0.15) is 39.5 Å². The van der Waals surface area contributed by atoms with Gasteiger partial charge in [0.15, 0.2) is 17.2 Å². The smallest absolute Gasteiger partial charge is 0.312 e. The van der Waals surface area contributed by atoms with E-state index in [1.165, 1.54) is 18.2 Å². The summed E-state index contributed by atoms with van der Waals surface area (Å²) in [6.45, 7) is 2.27. The molecule has 0 unspecified atom stereocenters. The number of hydrogen-bond acceptors (Lipinski definition) is 7. The number of alkyl halides is 1. The van der Waals surface area contributed by atoms with E-state index in [1.807, 2.05) is 0 Å². The van der Waals surface area contributed by atoms with Crippen LogP contribution >= 0.6 is 0 Å². The highest BCUT2D eigenvalue weighted by Gasteiger charge is 2.77. The number of carbonyl (C=O) groups is 3. The fourth-order valence-corrected chi connectivity index (χ4v) is 7.30. The molecule has 0 heterocycles. The van der Waals surface area contributed by atoms with Crippen molar-refractivity contribution in [1.29, 1.82) is 0 Å². The molecule has 0 saturated heterocycles. The van der Waals surface area contributed by atoms with Crippen molar-refractivity contribution < 1.29 is 38.8 Å². The molecule has 8 heteroatoms. The Morgan fingerprint density at radius 1 is 1.29 bits per heavy atom. The Balaban J connectivity index is 1.86. The van der Waals surface area contributed by atoms with Gasteiger partial charge < -0.3 is 20.1 Å². The minimum atomic E-state index is -2.28. The zero-order valence-electron chi connectivity index (χ0n) is 17.9. The average Bonchev–Trinajstić information content (AvgIpc) is 2.97. The van der Waals surface area contributed by atoms with Crippen LogP contribution in [0.4, 0.5) is 4.39 Å². The van der Waals surface area contributed by atoms with Gasteiger partial charge in [0.05, 0.1) is 19.1 Å². The SMILES string of the molecule is COC(=O)[C@H]1C[C@H]2[C@@H]3CCC4=CC(=O)C=C[C@]4(C)[C@@]3(F)[C@@H](O)C[C@]2(C)[C@]1(O)C(=O)CO. The van der Waals surface area contributed by atoms with Crippen LogP contribution in [-0.4, -0.2) is 63.9 Å². The number of ketones is 2. The summed E-state index contributed by atoms with van der Waals surface area (Å²) < 4.78 is 21.9. The highest BCUT2D eigenvalue weighted by Crippen LogP contribution is 2.70. The lowest BCUT2D eigenvalue weighted by Gasteiger charge is -2.62. The van der Waals surface area contributed by atoms with Gasteiger partial charge in [-0.05, 0) is 50.7 Å². The number of hydrogen-bond donors (Lipinski definition) is 3. The molecule has 0 aliphatic heterocycles. The van der Waals surface area contributed by atoms with Crippen LogP contribution in [0.2, 0.25) is 0 Å². The number of aliphatic hydroxyl groups is 3. The quantitative estimate of drug-likeness (QED) is 0.566. The number of fused-ring (bicyclic) bond motifs is 5. The first-order valence-corrected chi connectivity index (χ1v) is 10.7. The Labute approximate surface area is 180 Å². The second-order valence-corrected chi connectivity index (χ2v) is 9.92. The summed E-state index contributed by atoms with van der Waals surface area (Å²) in [7, 11) is 1.15. The summed E-state index contributed by atoms with van der Waals surface area (Å²) in [6.07, 6.45) is 3.16. The molecule has 4 aliphatic carbocycles. The largest absolute Gasteiger partial charge is 0.469 e. The minimum Gasteiger partial charge on any atom is -0.469 e. The maximum Gasteiger partial charge on any atom is 0.312 e. The Morgan fingerprint density at radius 3 is 2.58 bits per heavy atom. The molecule has 0 aromatic heterocycles. The van der Waals surface area contributed by atoms with Gasteiger partial charge >= 0.3 is 5.97 Å². The molecule has 31 heavy (non-hydrogen) atoms. The zero-order valence-corrected chi connectivity index (χ0v) is 17.9. The number of methoxy groups -OCH3 is 1. The summed E-state index contributed by atoms with van der Waals surface area (Å²) in [4.78, 5) is 37.2. The van der Waals surface area contributed by atoms with Crippen molar-refractivity contribution in [2.75, 3.05) is 13.7 Å². The zero-order chi connectivity index (χ0) is 23.0. The molecule has 7 nitrogen and oxygen atoms in total. The van der Waals surface area contributed by atoms with E-state index in [2.05, 4.69) is 0 Å². The van der Waals surface area contributed by atoms with E-state index in [1.54, 1.807) is 13.8 Å². The van der Waals surface area contributed by atoms with Gasteiger partial charge in [-0.3, -0.25) is 14.4 Å². The molecule has 3 fully saturated rings. The maximum absolute atomic E-state index is 17.0. The number of esters is 1. The second-order valence-electron chi connectivity index (χ2n) is 9.92. The number of halogens is 1. The standard InChI is InChI=1S/C23H29FO7/c1-20-7-6-13(26)8-12(20)4-5-14-15-9-16(19(29)31-3)23(30,18(28)11-25)21(15,2)10-17(27)22(14,20)24/h6-8,14-17,25,27,30H,4-5,9-11H2,1-3H3/t14-,15-,16+,17-,20-,21-,22-,23+/m0/s1. The number of rotatable bonds is 3. The summed E-state index contributed by atoms with van der Waals surface area (Å²) in [5, 5.41) is 32.3. The van der Waals surface area contributed by atoms with Gasteiger partial charge in [0.1, 0.15) is 12.2 Å². The first-order chi connectivity index (χ1) is 14.4. The van der Waals surface area contributed by atoms with E-state index < -0.39 is 64.3 Å². The third-order valence-electron chi connectivity index (χ3n) is 8.95. The van der Waals surface area contributed by atoms with Crippen LogP contribution in [0.15, 0.2) is 23.8 Å². The molecule has 4 rings (SSSR count). The van der Waals surface area contributed by atoms with Gasteiger partial charge in [-0.2, -0.15) is 0 Å². The van der Waals surface area contributed by atoms with E-state index in [9.17, 15) is 29.7 Å². The third kappa shape index (κ3) is 2.47. The van der Waals surface area contributed by atoms with Crippen LogP contribution in [0.25, 0.3) is 0 Å². The van der Waals surface area contributed by atoms with Gasteiger partial charge in [0, 0.05) is 16.7 Å². The Morgan fingerprint density at radius 2 is 1.97 bits per heavy atom. The van der Waals surface area contributed by atoms with Gasteiger partial charge in [-0.15, -0.1) is 0 Å². The average molecular weight is 436 g/mol. The highest BCUT2D eigenvalue weighted by molar-refractivity contribution is 6.01. The van der Waals surface area contributed by atoms with E-state index >= 15 is 4.39 Å². The predicted octanol–water partition coefficient (Wildman–Crippen LogP) is 1.05. The molecule has 8 atom stereocenters. The monoisotopic (exact) mass is 436 g/mol. The predicted molar refractivity (Wildman–Crippen MR) is 106 cm³/mol. The number of ether oxygens (including phenoxy) is 1. The molecule has 0 aromatic rings. The molecule has 4 aliphatic rings. The van der Waals surface area contributed by atoms with Crippen LogP contribution in [0.3, 0.4) is 0 Å². The lowest BCUT2D eigenvalue weighted by molar-refractivity contribution is -0.220. The first kappa shape index (κ1) is 22.3. The highest BCUT2D eigenvalue weighted by atomic mass is 19.1. The summed E-state index contributed by atoms with van der Waals surface area (Å²) in [6, 6.07) is 0.